The first-order chi connectivity index (χ1) is 5.65. The summed E-state index contributed by atoms with van der Waals surface area (Å²) in [7, 11) is 0. The van der Waals surface area contributed by atoms with Gasteiger partial charge in [-0.1, -0.05) is 0 Å². The number of ether oxygens (including phenoxy) is 2. The molecule has 0 saturated carbocycles. The Hall–Kier alpha value is -0.810. The van der Waals surface area contributed by atoms with E-state index in [0.717, 1.165) is 26.4 Å². The van der Waals surface area contributed by atoms with Crippen LogP contribution in [-0.4, -0.2) is 42.8 Å². The van der Waals surface area contributed by atoms with Gasteiger partial charge in [0.05, 0.1) is 13.2 Å². The maximum atomic E-state index is 8.56. The third kappa shape index (κ3) is 35.1. The van der Waals surface area contributed by atoms with Gasteiger partial charge in [0.25, 0.3) is 0 Å². The van der Waals surface area contributed by atoms with Gasteiger partial charge in [-0.15, -0.1) is 0 Å². The van der Waals surface area contributed by atoms with Crippen molar-refractivity contribution in [2.75, 3.05) is 26.4 Å². The molecule has 0 spiro atoms. The van der Waals surface area contributed by atoms with Crippen molar-refractivity contribution < 1.29 is 24.5 Å². The molecule has 74 valence electrons. The van der Waals surface area contributed by atoms with Crippen LogP contribution in [0, 0.1) is 0 Å². The molecule has 12 heavy (non-hydrogen) atoms. The van der Waals surface area contributed by atoms with E-state index in [4.69, 9.17) is 24.5 Å². The summed E-state index contributed by atoms with van der Waals surface area (Å²) in [4.78, 5) is 8.56. The van der Waals surface area contributed by atoms with E-state index in [9.17, 15) is 0 Å². The van der Waals surface area contributed by atoms with Crippen LogP contribution in [-0.2, 0) is 9.47 Å². The van der Waals surface area contributed by atoms with Crippen molar-refractivity contribution in [2.24, 2.45) is 0 Å². The average Bonchev–Trinajstić information content (AvgIpc) is 1.97. The zero-order chi connectivity index (χ0) is 9.82. The second kappa shape index (κ2) is 12.8. The van der Waals surface area contributed by atoms with Crippen LogP contribution < -0.4 is 0 Å². The summed E-state index contributed by atoms with van der Waals surface area (Å²) >= 11 is 0. The molecule has 0 radical (unpaired) electrons. The molecular formula is C7H16O5. The summed E-state index contributed by atoms with van der Waals surface area (Å²) in [5, 5.41) is 13.9. The van der Waals surface area contributed by atoms with Gasteiger partial charge in [0.15, 0.2) is 0 Å². The Morgan fingerprint density at radius 2 is 1.33 bits per heavy atom. The third-order valence-corrected chi connectivity index (χ3v) is 0.780. The van der Waals surface area contributed by atoms with Crippen molar-refractivity contribution in [3.8, 4) is 0 Å². The Morgan fingerprint density at radius 3 is 1.50 bits per heavy atom. The first-order valence-corrected chi connectivity index (χ1v) is 3.72. The minimum atomic E-state index is -1.83. The lowest BCUT2D eigenvalue weighted by atomic mass is 10.7. The first kappa shape index (κ1) is 13.8. The summed E-state index contributed by atoms with van der Waals surface area (Å²) in [6.45, 7) is 6.98. The summed E-state index contributed by atoms with van der Waals surface area (Å²) in [5.41, 5.74) is 0. The topological polar surface area (TPSA) is 76.0 Å². The molecule has 0 aliphatic heterocycles. The molecule has 0 aromatic rings. The van der Waals surface area contributed by atoms with Crippen LogP contribution in [0.15, 0.2) is 0 Å². The number of hydrogen-bond donors (Lipinski definition) is 2. The Kier molecular flexibility index (Phi) is 14.7. The Balaban J connectivity index is 0. The van der Waals surface area contributed by atoms with Crippen LogP contribution in [0.4, 0.5) is 4.79 Å². The predicted molar refractivity (Wildman–Crippen MR) is 43.6 cm³/mol. The standard InChI is InChI=1S/C6H14O2.CH2O3/c1-3-7-5-6-8-4-2;2-1(3)4/h3-6H2,1-2H3;(H2,2,3,4). The minimum absolute atomic E-state index is 0.727. The maximum absolute atomic E-state index is 8.56. The summed E-state index contributed by atoms with van der Waals surface area (Å²) < 4.78 is 10.0. The van der Waals surface area contributed by atoms with Crippen LogP contribution in [0.1, 0.15) is 13.8 Å². The van der Waals surface area contributed by atoms with Crippen molar-refractivity contribution in [3.63, 3.8) is 0 Å². The third-order valence-electron chi connectivity index (χ3n) is 0.780. The molecular weight excluding hydrogens is 164 g/mol. The van der Waals surface area contributed by atoms with E-state index in [0.29, 0.717) is 0 Å². The molecule has 0 aromatic heterocycles. The van der Waals surface area contributed by atoms with Gasteiger partial charge in [0, 0.05) is 13.2 Å². The molecule has 0 unspecified atom stereocenters. The highest BCUT2D eigenvalue weighted by atomic mass is 16.6. The molecule has 0 bridgehead atoms. The van der Waals surface area contributed by atoms with E-state index < -0.39 is 6.16 Å². The fourth-order valence-electron chi connectivity index (χ4n) is 0.407. The highest BCUT2D eigenvalue weighted by Crippen LogP contribution is 1.75. The lowest BCUT2D eigenvalue weighted by Gasteiger charge is -1.99. The van der Waals surface area contributed by atoms with Crippen LogP contribution in [0.5, 0.6) is 0 Å². The second-order valence-electron chi connectivity index (χ2n) is 1.68. The Bertz CT molecular complexity index is 83.8. The van der Waals surface area contributed by atoms with Crippen LogP contribution in [0.25, 0.3) is 0 Å². The number of carbonyl (C=O) groups is 1. The average molecular weight is 180 g/mol. The molecule has 0 aliphatic rings. The van der Waals surface area contributed by atoms with Gasteiger partial charge in [-0.25, -0.2) is 4.79 Å². The lowest BCUT2D eigenvalue weighted by Crippen LogP contribution is -2.02. The zero-order valence-electron chi connectivity index (χ0n) is 7.45. The maximum Gasteiger partial charge on any atom is 0.503 e. The SMILES string of the molecule is CCOCCOCC.O=C(O)O. The fourth-order valence-corrected chi connectivity index (χ4v) is 0.407. The van der Waals surface area contributed by atoms with Gasteiger partial charge in [0.1, 0.15) is 0 Å². The number of rotatable bonds is 5. The van der Waals surface area contributed by atoms with Gasteiger partial charge in [-0.05, 0) is 13.8 Å². The van der Waals surface area contributed by atoms with E-state index >= 15 is 0 Å². The fraction of sp³-hybridized carbons (Fsp3) is 0.857. The predicted octanol–water partition coefficient (Wildman–Crippen LogP) is 1.28. The molecule has 0 atom stereocenters. The number of hydrogen-bond acceptors (Lipinski definition) is 3. The second-order valence-corrected chi connectivity index (χ2v) is 1.68. The highest BCUT2D eigenvalue weighted by Gasteiger charge is 1.81. The van der Waals surface area contributed by atoms with E-state index in [2.05, 4.69) is 0 Å². The van der Waals surface area contributed by atoms with Crippen LogP contribution >= 0.6 is 0 Å². The van der Waals surface area contributed by atoms with Crippen LogP contribution in [0.3, 0.4) is 0 Å². The monoisotopic (exact) mass is 180 g/mol. The normalized spacial score (nSPS) is 8.50. The van der Waals surface area contributed by atoms with Crippen molar-refractivity contribution >= 4 is 6.16 Å². The van der Waals surface area contributed by atoms with Gasteiger partial charge in [-0.3, -0.25) is 0 Å². The molecule has 0 rings (SSSR count). The van der Waals surface area contributed by atoms with Gasteiger partial charge in [-0.2, -0.15) is 0 Å². The van der Waals surface area contributed by atoms with Crippen LogP contribution in [0.2, 0.25) is 0 Å². The van der Waals surface area contributed by atoms with Crippen molar-refractivity contribution in [1.29, 1.82) is 0 Å². The smallest absolute Gasteiger partial charge is 0.450 e. The summed E-state index contributed by atoms with van der Waals surface area (Å²) in [5.74, 6) is 0. The molecule has 2 N–H and O–H groups in total. The highest BCUT2D eigenvalue weighted by molar-refractivity contribution is 5.53. The Labute approximate surface area is 71.9 Å². The summed E-state index contributed by atoms with van der Waals surface area (Å²) in [6.07, 6.45) is -1.83. The van der Waals surface area contributed by atoms with Crippen molar-refractivity contribution in [2.45, 2.75) is 13.8 Å². The van der Waals surface area contributed by atoms with E-state index in [1.807, 2.05) is 13.8 Å². The molecule has 5 heteroatoms. The summed E-state index contributed by atoms with van der Waals surface area (Å²) in [6, 6.07) is 0. The first-order valence-electron chi connectivity index (χ1n) is 3.72. The van der Waals surface area contributed by atoms with E-state index in [1.165, 1.54) is 0 Å². The molecule has 0 aliphatic carbocycles. The largest absolute Gasteiger partial charge is 0.503 e. The van der Waals surface area contributed by atoms with Crippen molar-refractivity contribution in [1.82, 2.24) is 0 Å². The molecule has 0 heterocycles. The molecule has 0 fully saturated rings. The quantitative estimate of drug-likeness (QED) is 0.623. The number of carboxylic acid groups (broad SMARTS) is 2. The minimum Gasteiger partial charge on any atom is -0.450 e. The lowest BCUT2D eigenvalue weighted by molar-refractivity contribution is 0.0584. The molecule has 0 amide bonds. The van der Waals surface area contributed by atoms with Gasteiger partial charge in [0.2, 0.25) is 0 Å². The Morgan fingerprint density at radius 1 is 1.08 bits per heavy atom. The van der Waals surface area contributed by atoms with Crippen molar-refractivity contribution in [3.05, 3.63) is 0 Å². The molecule has 5 nitrogen and oxygen atoms in total. The molecule has 0 aromatic carbocycles. The van der Waals surface area contributed by atoms with E-state index in [-0.39, 0.29) is 0 Å². The molecule has 0 saturated heterocycles. The van der Waals surface area contributed by atoms with Gasteiger partial charge < -0.3 is 19.7 Å². The zero-order valence-corrected chi connectivity index (χ0v) is 7.45. The van der Waals surface area contributed by atoms with Gasteiger partial charge >= 0.3 is 6.16 Å². The van der Waals surface area contributed by atoms with E-state index in [1.54, 1.807) is 0 Å².